The largest absolute Gasteiger partial charge is 0.339 e. The monoisotopic (exact) mass is 221 g/mol. The van der Waals surface area contributed by atoms with Crippen LogP contribution in [0.25, 0.3) is 0 Å². The molecule has 0 aromatic carbocycles. The van der Waals surface area contributed by atoms with Gasteiger partial charge >= 0.3 is 0 Å². The van der Waals surface area contributed by atoms with Gasteiger partial charge in [0.1, 0.15) is 0 Å². The van der Waals surface area contributed by atoms with Gasteiger partial charge in [0.05, 0.1) is 5.41 Å². The van der Waals surface area contributed by atoms with E-state index in [1.807, 2.05) is 0 Å². The maximum atomic E-state index is 5.51. The Bertz CT molecular complexity index is 389. The fourth-order valence-corrected chi connectivity index (χ4v) is 2.47. The molecule has 4 nitrogen and oxygen atoms in total. The standard InChI is InChI=1S/C12H19N3O/c1-3-12(6-7-13-8-12)10-14-9(15-16-10)11(2)4-5-11/h13H,3-8H2,1-2H3. The zero-order chi connectivity index (χ0) is 11.2. The summed E-state index contributed by atoms with van der Waals surface area (Å²) in [4.78, 5) is 4.65. The van der Waals surface area contributed by atoms with Crippen LogP contribution in [0.2, 0.25) is 0 Å². The third-order valence-electron chi connectivity index (χ3n) is 4.34. The van der Waals surface area contributed by atoms with Crippen molar-refractivity contribution in [3.63, 3.8) is 0 Å². The van der Waals surface area contributed by atoms with E-state index in [4.69, 9.17) is 4.52 Å². The van der Waals surface area contributed by atoms with E-state index >= 15 is 0 Å². The van der Waals surface area contributed by atoms with Gasteiger partial charge in [0.15, 0.2) is 5.82 Å². The lowest BCUT2D eigenvalue weighted by Gasteiger charge is -2.20. The number of aromatic nitrogens is 2. The van der Waals surface area contributed by atoms with Crippen LogP contribution in [0, 0.1) is 0 Å². The highest BCUT2D eigenvalue weighted by Crippen LogP contribution is 2.46. The molecule has 1 aromatic rings. The van der Waals surface area contributed by atoms with E-state index in [-0.39, 0.29) is 10.8 Å². The molecule has 1 unspecified atom stereocenters. The minimum Gasteiger partial charge on any atom is -0.339 e. The highest BCUT2D eigenvalue weighted by atomic mass is 16.5. The zero-order valence-electron chi connectivity index (χ0n) is 10.0. The first-order chi connectivity index (χ1) is 7.69. The summed E-state index contributed by atoms with van der Waals surface area (Å²) in [7, 11) is 0. The molecule has 88 valence electrons. The Morgan fingerprint density at radius 3 is 2.75 bits per heavy atom. The summed E-state index contributed by atoms with van der Waals surface area (Å²) in [6.07, 6.45) is 4.58. The van der Waals surface area contributed by atoms with Crippen LogP contribution in [0.1, 0.15) is 51.2 Å². The SMILES string of the molecule is CCC1(c2nc(C3(C)CC3)no2)CCNC1. The second-order valence-corrected chi connectivity index (χ2v) is 5.54. The molecule has 4 heteroatoms. The van der Waals surface area contributed by atoms with E-state index in [2.05, 4.69) is 29.3 Å². The lowest BCUT2D eigenvalue weighted by Crippen LogP contribution is -2.28. The number of hydrogen-bond donors (Lipinski definition) is 1. The normalized spacial score (nSPS) is 31.9. The van der Waals surface area contributed by atoms with E-state index in [9.17, 15) is 0 Å². The molecule has 0 spiro atoms. The van der Waals surface area contributed by atoms with E-state index < -0.39 is 0 Å². The molecule has 2 aliphatic rings. The van der Waals surface area contributed by atoms with E-state index in [1.54, 1.807) is 0 Å². The van der Waals surface area contributed by atoms with Crippen molar-refractivity contribution < 1.29 is 4.52 Å². The van der Waals surface area contributed by atoms with Gasteiger partial charge in [0, 0.05) is 12.0 Å². The van der Waals surface area contributed by atoms with Crippen molar-refractivity contribution in [2.24, 2.45) is 0 Å². The average molecular weight is 221 g/mol. The van der Waals surface area contributed by atoms with Crippen LogP contribution in [0.5, 0.6) is 0 Å². The summed E-state index contributed by atoms with van der Waals surface area (Å²) in [5.41, 5.74) is 0.305. The predicted molar refractivity (Wildman–Crippen MR) is 60.3 cm³/mol. The van der Waals surface area contributed by atoms with Crippen LogP contribution in [0.4, 0.5) is 0 Å². The number of nitrogens with one attached hydrogen (secondary N) is 1. The Balaban J connectivity index is 1.91. The predicted octanol–water partition coefficient (Wildman–Crippen LogP) is 1.76. The Morgan fingerprint density at radius 1 is 1.38 bits per heavy atom. The van der Waals surface area contributed by atoms with Gasteiger partial charge in [-0.25, -0.2) is 0 Å². The molecule has 1 saturated carbocycles. The van der Waals surface area contributed by atoms with E-state index in [0.29, 0.717) is 0 Å². The van der Waals surface area contributed by atoms with Gasteiger partial charge in [0.2, 0.25) is 5.89 Å². The fraction of sp³-hybridized carbons (Fsp3) is 0.833. The summed E-state index contributed by atoms with van der Waals surface area (Å²) in [6, 6.07) is 0. The van der Waals surface area contributed by atoms with Crippen molar-refractivity contribution in [3.05, 3.63) is 11.7 Å². The van der Waals surface area contributed by atoms with Crippen LogP contribution in [0.15, 0.2) is 4.52 Å². The van der Waals surface area contributed by atoms with Crippen molar-refractivity contribution in [3.8, 4) is 0 Å². The lowest BCUT2D eigenvalue weighted by atomic mass is 9.84. The molecule has 1 saturated heterocycles. The molecule has 1 aliphatic carbocycles. The Hall–Kier alpha value is -0.900. The third kappa shape index (κ3) is 1.39. The molecule has 1 aromatic heterocycles. The van der Waals surface area contributed by atoms with Crippen LogP contribution >= 0.6 is 0 Å². The molecule has 1 aliphatic heterocycles. The van der Waals surface area contributed by atoms with Crippen molar-refractivity contribution in [1.82, 2.24) is 15.5 Å². The lowest BCUT2D eigenvalue weighted by molar-refractivity contribution is 0.283. The molecule has 2 heterocycles. The highest BCUT2D eigenvalue weighted by Gasteiger charge is 2.46. The van der Waals surface area contributed by atoms with Crippen molar-refractivity contribution >= 4 is 0 Å². The van der Waals surface area contributed by atoms with Gasteiger partial charge in [-0.3, -0.25) is 0 Å². The van der Waals surface area contributed by atoms with Gasteiger partial charge in [0.25, 0.3) is 0 Å². The third-order valence-corrected chi connectivity index (χ3v) is 4.34. The van der Waals surface area contributed by atoms with E-state index in [1.165, 1.54) is 12.8 Å². The Morgan fingerprint density at radius 2 is 2.19 bits per heavy atom. The first kappa shape index (κ1) is 10.3. The van der Waals surface area contributed by atoms with Crippen LogP contribution in [-0.2, 0) is 10.8 Å². The Labute approximate surface area is 95.8 Å². The molecular weight excluding hydrogens is 202 g/mol. The van der Waals surface area contributed by atoms with Gasteiger partial charge < -0.3 is 9.84 Å². The average Bonchev–Trinajstić information content (AvgIpc) is 2.82. The number of rotatable bonds is 3. The fourth-order valence-electron chi connectivity index (χ4n) is 2.47. The molecule has 3 rings (SSSR count). The van der Waals surface area contributed by atoms with Crippen molar-refractivity contribution in [1.29, 1.82) is 0 Å². The topological polar surface area (TPSA) is 51.0 Å². The first-order valence-electron chi connectivity index (χ1n) is 6.24. The summed E-state index contributed by atoms with van der Waals surface area (Å²) in [5.74, 6) is 1.77. The summed E-state index contributed by atoms with van der Waals surface area (Å²) in [6.45, 7) is 6.45. The Kier molecular flexibility index (Phi) is 2.11. The quantitative estimate of drug-likeness (QED) is 0.845. The van der Waals surface area contributed by atoms with Crippen LogP contribution in [-0.4, -0.2) is 23.2 Å². The van der Waals surface area contributed by atoms with Gasteiger partial charge in [-0.2, -0.15) is 4.98 Å². The first-order valence-corrected chi connectivity index (χ1v) is 6.24. The zero-order valence-corrected chi connectivity index (χ0v) is 10.0. The van der Waals surface area contributed by atoms with Crippen LogP contribution < -0.4 is 5.32 Å². The summed E-state index contributed by atoms with van der Waals surface area (Å²) >= 11 is 0. The molecule has 16 heavy (non-hydrogen) atoms. The number of hydrogen-bond acceptors (Lipinski definition) is 4. The maximum Gasteiger partial charge on any atom is 0.234 e. The van der Waals surface area contributed by atoms with E-state index in [0.717, 1.165) is 37.6 Å². The maximum absolute atomic E-state index is 5.51. The van der Waals surface area contributed by atoms with Crippen molar-refractivity contribution in [2.75, 3.05) is 13.1 Å². The smallest absolute Gasteiger partial charge is 0.234 e. The summed E-state index contributed by atoms with van der Waals surface area (Å²) in [5, 5.41) is 7.57. The van der Waals surface area contributed by atoms with Gasteiger partial charge in [-0.1, -0.05) is 19.0 Å². The highest BCUT2D eigenvalue weighted by molar-refractivity contribution is 5.17. The van der Waals surface area contributed by atoms with Gasteiger partial charge in [-0.15, -0.1) is 0 Å². The second-order valence-electron chi connectivity index (χ2n) is 5.54. The summed E-state index contributed by atoms with van der Waals surface area (Å²) < 4.78 is 5.51. The molecular formula is C12H19N3O. The number of nitrogens with zero attached hydrogens (tertiary/aromatic N) is 2. The minimum atomic E-state index is 0.0938. The molecule has 1 atom stereocenters. The van der Waals surface area contributed by atoms with Crippen LogP contribution in [0.3, 0.4) is 0 Å². The second kappa shape index (κ2) is 3.29. The minimum absolute atomic E-state index is 0.0938. The molecule has 0 bridgehead atoms. The molecule has 0 amide bonds. The molecule has 0 radical (unpaired) electrons. The van der Waals surface area contributed by atoms with Gasteiger partial charge in [-0.05, 0) is 32.2 Å². The molecule has 2 fully saturated rings. The molecule has 1 N–H and O–H groups in total. The van der Waals surface area contributed by atoms with Crippen molar-refractivity contribution in [2.45, 2.75) is 50.4 Å².